The number of benzene rings is 1. The Labute approximate surface area is 100 Å². The lowest BCUT2D eigenvalue weighted by Crippen LogP contribution is -2.34. The number of carbonyl (C=O) groups is 1. The minimum atomic E-state index is -0.288. The molecule has 0 bridgehead atoms. The predicted molar refractivity (Wildman–Crippen MR) is 63.9 cm³/mol. The molecule has 4 heteroatoms. The smallest absolute Gasteiger partial charge is 0.224 e. The summed E-state index contributed by atoms with van der Waals surface area (Å²) in [5, 5.41) is 6.00. The van der Waals surface area contributed by atoms with E-state index in [2.05, 4.69) is 10.6 Å². The third-order valence-corrected chi connectivity index (χ3v) is 3.16. The number of amides is 1. The standard InChI is InChI=1S/C13H17FN2O/c1-9(11-4-2-3-5-12(11)14)16-13(17)10-6-7-15-8-10/h2-5,9-10,15H,6-8H2,1H3,(H,16,17)/t9-,10?/m1/s1. The Morgan fingerprint density at radius 3 is 2.94 bits per heavy atom. The lowest BCUT2D eigenvalue weighted by Gasteiger charge is -2.17. The minimum Gasteiger partial charge on any atom is -0.349 e. The van der Waals surface area contributed by atoms with Gasteiger partial charge in [-0.05, 0) is 26.0 Å². The quantitative estimate of drug-likeness (QED) is 0.837. The Balaban J connectivity index is 1.99. The largest absolute Gasteiger partial charge is 0.349 e. The average molecular weight is 236 g/mol. The highest BCUT2D eigenvalue weighted by Gasteiger charge is 2.24. The first-order valence-corrected chi connectivity index (χ1v) is 5.94. The van der Waals surface area contributed by atoms with E-state index in [4.69, 9.17) is 0 Å². The Morgan fingerprint density at radius 2 is 2.29 bits per heavy atom. The molecule has 1 unspecified atom stereocenters. The van der Waals surface area contributed by atoms with Crippen molar-refractivity contribution in [1.29, 1.82) is 0 Å². The molecule has 1 heterocycles. The van der Waals surface area contributed by atoms with E-state index in [9.17, 15) is 9.18 Å². The van der Waals surface area contributed by atoms with E-state index >= 15 is 0 Å². The second-order valence-corrected chi connectivity index (χ2v) is 4.44. The second kappa shape index (κ2) is 5.27. The van der Waals surface area contributed by atoms with Crippen LogP contribution in [-0.4, -0.2) is 19.0 Å². The number of nitrogens with one attached hydrogen (secondary N) is 2. The predicted octanol–water partition coefficient (Wildman–Crippen LogP) is 1.61. The molecule has 1 saturated heterocycles. The molecular weight excluding hydrogens is 219 g/mol. The highest BCUT2D eigenvalue weighted by molar-refractivity contribution is 5.79. The maximum absolute atomic E-state index is 13.5. The molecule has 1 aliphatic heterocycles. The molecule has 1 aromatic rings. The van der Waals surface area contributed by atoms with Crippen molar-refractivity contribution in [2.24, 2.45) is 5.92 Å². The van der Waals surface area contributed by atoms with E-state index in [0.29, 0.717) is 5.56 Å². The van der Waals surface area contributed by atoms with Crippen LogP contribution in [0.25, 0.3) is 0 Å². The second-order valence-electron chi connectivity index (χ2n) is 4.44. The SMILES string of the molecule is C[C@@H](NC(=O)C1CCNC1)c1ccccc1F. The summed E-state index contributed by atoms with van der Waals surface area (Å²) in [6.07, 6.45) is 0.857. The van der Waals surface area contributed by atoms with E-state index in [0.717, 1.165) is 19.5 Å². The summed E-state index contributed by atoms with van der Waals surface area (Å²) in [6, 6.07) is 6.25. The minimum absolute atomic E-state index is 0.00533. The van der Waals surface area contributed by atoms with E-state index < -0.39 is 0 Å². The fourth-order valence-electron chi connectivity index (χ4n) is 2.11. The summed E-state index contributed by atoms with van der Waals surface area (Å²) in [6.45, 7) is 3.40. The van der Waals surface area contributed by atoms with Gasteiger partial charge in [-0.2, -0.15) is 0 Å². The number of halogens is 1. The van der Waals surface area contributed by atoms with Gasteiger partial charge in [0, 0.05) is 12.1 Å². The van der Waals surface area contributed by atoms with Crippen molar-refractivity contribution in [3.8, 4) is 0 Å². The van der Waals surface area contributed by atoms with Gasteiger partial charge in [0.25, 0.3) is 0 Å². The molecule has 17 heavy (non-hydrogen) atoms. The summed E-state index contributed by atoms with van der Waals surface area (Å²) in [5.74, 6) is -0.250. The van der Waals surface area contributed by atoms with Gasteiger partial charge >= 0.3 is 0 Å². The molecule has 3 nitrogen and oxygen atoms in total. The first-order chi connectivity index (χ1) is 8.18. The van der Waals surface area contributed by atoms with Gasteiger partial charge in [-0.15, -0.1) is 0 Å². The fourth-order valence-corrected chi connectivity index (χ4v) is 2.11. The van der Waals surface area contributed by atoms with Crippen LogP contribution in [-0.2, 0) is 4.79 Å². The Hall–Kier alpha value is -1.42. The molecule has 0 spiro atoms. The molecule has 92 valence electrons. The monoisotopic (exact) mass is 236 g/mol. The highest BCUT2D eigenvalue weighted by atomic mass is 19.1. The Morgan fingerprint density at radius 1 is 1.53 bits per heavy atom. The first-order valence-electron chi connectivity index (χ1n) is 5.94. The maximum atomic E-state index is 13.5. The molecule has 1 amide bonds. The van der Waals surface area contributed by atoms with Gasteiger partial charge in [0.15, 0.2) is 0 Å². The molecule has 2 rings (SSSR count). The van der Waals surface area contributed by atoms with Crippen LogP contribution in [0.5, 0.6) is 0 Å². The Bertz CT molecular complexity index is 402. The third kappa shape index (κ3) is 2.82. The molecule has 2 N–H and O–H groups in total. The van der Waals surface area contributed by atoms with Crippen LogP contribution in [0.3, 0.4) is 0 Å². The summed E-state index contributed by atoms with van der Waals surface area (Å²) in [7, 11) is 0. The van der Waals surface area contributed by atoms with Gasteiger partial charge in [0.2, 0.25) is 5.91 Å². The lowest BCUT2D eigenvalue weighted by atomic mass is 10.0. The fraction of sp³-hybridized carbons (Fsp3) is 0.462. The van der Waals surface area contributed by atoms with Gasteiger partial charge in [-0.3, -0.25) is 4.79 Å². The maximum Gasteiger partial charge on any atom is 0.224 e. The van der Waals surface area contributed by atoms with Crippen molar-refractivity contribution in [3.05, 3.63) is 35.6 Å². The molecule has 1 aromatic carbocycles. The number of carbonyl (C=O) groups excluding carboxylic acids is 1. The van der Waals surface area contributed by atoms with Crippen molar-refractivity contribution >= 4 is 5.91 Å². The van der Waals surface area contributed by atoms with Crippen molar-refractivity contribution < 1.29 is 9.18 Å². The van der Waals surface area contributed by atoms with Gasteiger partial charge in [-0.1, -0.05) is 18.2 Å². The van der Waals surface area contributed by atoms with E-state index in [1.165, 1.54) is 6.07 Å². The van der Waals surface area contributed by atoms with Crippen molar-refractivity contribution in [2.75, 3.05) is 13.1 Å². The zero-order valence-corrected chi connectivity index (χ0v) is 9.87. The number of rotatable bonds is 3. The van der Waals surface area contributed by atoms with Gasteiger partial charge < -0.3 is 10.6 Å². The van der Waals surface area contributed by atoms with Crippen molar-refractivity contribution in [3.63, 3.8) is 0 Å². The first kappa shape index (κ1) is 12.0. The van der Waals surface area contributed by atoms with Crippen LogP contribution in [0, 0.1) is 11.7 Å². The summed E-state index contributed by atoms with van der Waals surface area (Å²) >= 11 is 0. The molecule has 0 saturated carbocycles. The molecule has 1 aliphatic rings. The van der Waals surface area contributed by atoms with E-state index in [1.54, 1.807) is 25.1 Å². The summed E-state index contributed by atoms with van der Waals surface area (Å²) in [4.78, 5) is 11.9. The summed E-state index contributed by atoms with van der Waals surface area (Å²) in [5.41, 5.74) is 0.534. The van der Waals surface area contributed by atoms with Crippen LogP contribution in [0.2, 0.25) is 0 Å². The zero-order chi connectivity index (χ0) is 12.3. The average Bonchev–Trinajstić information content (AvgIpc) is 2.82. The van der Waals surface area contributed by atoms with Crippen LogP contribution < -0.4 is 10.6 Å². The van der Waals surface area contributed by atoms with Gasteiger partial charge in [0.1, 0.15) is 5.82 Å². The highest BCUT2D eigenvalue weighted by Crippen LogP contribution is 2.17. The van der Waals surface area contributed by atoms with Crippen molar-refractivity contribution in [2.45, 2.75) is 19.4 Å². The molecule has 1 fully saturated rings. The Kier molecular flexibility index (Phi) is 3.74. The molecule has 0 aliphatic carbocycles. The molecule has 0 aromatic heterocycles. The topological polar surface area (TPSA) is 41.1 Å². The van der Waals surface area contributed by atoms with Gasteiger partial charge in [-0.25, -0.2) is 4.39 Å². The molecule has 2 atom stereocenters. The van der Waals surface area contributed by atoms with Crippen LogP contribution in [0.4, 0.5) is 4.39 Å². The van der Waals surface area contributed by atoms with Crippen molar-refractivity contribution in [1.82, 2.24) is 10.6 Å². The molecule has 0 radical (unpaired) electrons. The van der Waals surface area contributed by atoms with Gasteiger partial charge in [0.05, 0.1) is 12.0 Å². The van der Waals surface area contributed by atoms with E-state index in [1.807, 2.05) is 0 Å². The van der Waals surface area contributed by atoms with Crippen LogP contribution in [0.15, 0.2) is 24.3 Å². The van der Waals surface area contributed by atoms with E-state index in [-0.39, 0.29) is 23.7 Å². The third-order valence-electron chi connectivity index (χ3n) is 3.16. The zero-order valence-electron chi connectivity index (χ0n) is 9.87. The molecular formula is C13H17FN2O. The lowest BCUT2D eigenvalue weighted by molar-refractivity contribution is -0.125. The van der Waals surface area contributed by atoms with Crippen LogP contribution >= 0.6 is 0 Å². The normalized spacial score (nSPS) is 21.2. The number of hydrogen-bond donors (Lipinski definition) is 2. The van der Waals surface area contributed by atoms with Crippen LogP contribution in [0.1, 0.15) is 24.9 Å². The summed E-state index contributed by atoms with van der Waals surface area (Å²) < 4.78 is 13.5. The number of hydrogen-bond acceptors (Lipinski definition) is 2.